The summed E-state index contributed by atoms with van der Waals surface area (Å²) in [7, 11) is 1.79. The van der Waals surface area contributed by atoms with Crippen molar-refractivity contribution in [2.24, 2.45) is 5.92 Å². The van der Waals surface area contributed by atoms with Crippen molar-refractivity contribution in [3.8, 4) is 0 Å². The molecular weight excluding hydrogens is 236 g/mol. The summed E-state index contributed by atoms with van der Waals surface area (Å²) >= 11 is 0. The molecule has 3 heteroatoms. The largest absolute Gasteiger partial charge is 0.383 e. The van der Waals surface area contributed by atoms with Gasteiger partial charge in [0.1, 0.15) is 0 Å². The van der Waals surface area contributed by atoms with E-state index in [1.165, 1.54) is 18.4 Å². The summed E-state index contributed by atoms with van der Waals surface area (Å²) in [5.41, 5.74) is 5.01. The van der Waals surface area contributed by atoms with Gasteiger partial charge in [0.15, 0.2) is 0 Å². The number of hydrazine groups is 1. The van der Waals surface area contributed by atoms with E-state index in [4.69, 9.17) is 4.74 Å². The van der Waals surface area contributed by atoms with Crippen LogP contribution in [0.4, 0.5) is 0 Å². The predicted molar refractivity (Wildman–Crippen MR) is 78.9 cm³/mol. The van der Waals surface area contributed by atoms with E-state index >= 15 is 0 Å². The first kappa shape index (κ1) is 14.5. The predicted octanol–water partition coefficient (Wildman–Crippen LogP) is 2.48. The average molecular weight is 262 g/mol. The quantitative estimate of drug-likeness (QED) is 0.817. The van der Waals surface area contributed by atoms with Crippen molar-refractivity contribution in [3.05, 3.63) is 35.9 Å². The van der Waals surface area contributed by atoms with Crippen LogP contribution in [0.25, 0.3) is 0 Å². The summed E-state index contributed by atoms with van der Waals surface area (Å²) in [5, 5.41) is 2.37. The molecule has 1 saturated heterocycles. The molecule has 0 bridgehead atoms. The van der Waals surface area contributed by atoms with Gasteiger partial charge in [-0.1, -0.05) is 37.3 Å². The molecule has 106 valence electrons. The van der Waals surface area contributed by atoms with Crippen LogP contribution in [0.5, 0.6) is 0 Å². The maximum absolute atomic E-state index is 5.28. The molecule has 1 aromatic carbocycles. The van der Waals surface area contributed by atoms with E-state index in [-0.39, 0.29) is 0 Å². The highest BCUT2D eigenvalue weighted by Crippen LogP contribution is 2.15. The van der Waals surface area contributed by atoms with Crippen molar-refractivity contribution in [1.82, 2.24) is 10.4 Å². The number of hydrogen-bond donors (Lipinski definition) is 1. The monoisotopic (exact) mass is 262 g/mol. The van der Waals surface area contributed by atoms with Crippen molar-refractivity contribution < 1.29 is 4.74 Å². The lowest BCUT2D eigenvalue weighted by Gasteiger charge is -2.26. The molecule has 0 saturated carbocycles. The van der Waals surface area contributed by atoms with Gasteiger partial charge in [-0.05, 0) is 30.7 Å². The van der Waals surface area contributed by atoms with Crippen LogP contribution in [0.2, 0.25) is 0 Å². The standard InChI is InChI=1S/C16H26N2O/c1-14(11-15-7-4-3-5-8-15)12-17-18-10-6-9-16(18)13-19-2/h3-5,7-8,14,16-17H,6,9-13H2,1-2H3/t14-,16-/m0/s1. The lowest BCUT2D eigenvalue weighted by Crippen LogP contribution is -2.45. The SMILES string of the molecule is COC[C@@H]1CCCN1NC[C@@H](C)Cc1ccccc1. The summed E-state index contributed by atoms with van der Waals surface area (Å²) in [6.07, 6.45) is 3.65. The van der Waals surface area contributed by atoms with Crippen LogP contribution in [-0.2, 0) is 11.2 Å². The number of nitrogens with zero attached hydrogens (tertiary/aromatic N) is 1. The molecule has 0 radical (unpaired) electrons. The van der Waals surface area contributed by atoms with Crippen LogP contribution < -0.4 is 5.43 Å². The number of hydrogen-bond acceptors (Lipinski definition) is 3. The van der Waals surface area contributed by atoms with Gasteiger partial charge < -0.3 is 4.74 Å². The van der Waals surface area contributed by atoms with Crippen molar-refractivity contribution in [2.45, 2.75) is 32.2 Å². The summed E-state index contributed by atoms with van der Waals surface area (Å²) < 4.78 is 5.28. The van der Waals surface area contributed by atoms with Gasteiger partial charge in [0.2, 0.25) is 0 Å². The fraction of sp³-hybridized carbons (Fsp3) is 0.625. The van der Waals surface area contributed by atoms with Crippen LogP contribution in [0.1, 0.15) is 25.3 Å². The molecule has 0 spiro atoms. The molecule has 0 aromatic heterocycles. The lowest BCUT2D eigenvalue weighted by molar-refractivity contribution is 0.0798. The fourth-order valence-corrected chi connectivity index (χ4v) is 2.77. The van der Waals surface area contributed by atoms with Crippen LogP contribution in [0.3, 0.4) is 0 Å². The van der Waals surface area contributed by atoms with Crippen LogP contribution in [-0.4, -0.2) is 37.9 Å². The molecule has 1 N–H and O–H groups in total. The number of methoxy groups -OCH3 is 1. The third-order valence-electron chi connectivity index (χ3n) is 3.81. The zero-order chi connectivity index (χ0) is 13.5. The topological polar surface area (TPSA) is 24.5 Å². The lowest BCUT2D eigenvalue weighted by atomic mass is 10.0. The highest BCUT2D eigenvalue weighted by Gasteiger charge is 2.24. The molecule has 1 fully saturated rings. The summed E-state index contributed by atoms with van der Waals surface area (Å²) in [5.74, 6) is 0.645. The minimum Gasteiger partial charge on any atom is -0.383 e. The van der Waals surface area contributed by atoms with Gasteiger partial charge in [-0.2, -0.15) is 0 Å². The third-order valence-corrected chi connectivity index (χ3v) is 3.81. The van der Waals surface area contributed by atoms with E-state index in [0.717, 1.165) is 26.1 Å². The summed E-state index contributed by atoms with van der Waals surface area (Å²) in [6.45, 7) is 5.32. The first-order valence-electron chi connectivity index (χ1n) is 7.32. The van der Waals surface area contributed by atoms with Crippen LogP contribution in [0.15, 0.2) is 30.3 Å². The second kappa shape index (κ2) is 7.63. The highest BCUT2D eigenvalue weighted by molar-refractivity contribution is 5.15. The Morgan fingerprint density at radius 2 is 2.16 bits per heavy atom. The third kappa shape index (κ3) is 4.60. The van der Waals surface area contributed by atoms with E-state index in [9.17, 15) is 0 Å². The zero-order valence-corrected chi connectivity index (χ0v) is 12.1. The Morgan fingerprint density at radius 1 is 1.37 bits per heavy atom. The molecule has 2 rings (SSSR count). The number of ether oxygens (including phenoxy) is 1. The maximum atomic E-state index is 5.28. The molecule has 3 nitrogen and oxygen atoms in total. The molecule has 19 heavy (non-hydrogen) atoms. The Hall–Kier alpha value is -0.900. The minimum atomic E-state index is 0.550. The van der Waals surface area contributed by atoms with Gasteiger partial charge in [0.05, 0.1) is 6.61 Å². The van der Waals surface area contributed by atoms with E-state index < -0.39 is 0 Å². The van der Waals surface area contributed by atoms with Crippen molar-refractivity contribution in [1.29, 1.82) is 0 Å². The summed E-state index contributed by atoms with van der Waals surface area (Å²) in [6, 6.07) is 11.3. The van der Waals surface area contributed by atoms with Gasteiger partial charge in [-0.25, -0.2) is 5.01 Å². The fourth-order valence-electron chi connectivity index (χ4n) is 2.77. The van der Waals surface area contributed by atoms with E-state index in [0.29, 0.717) is 12.0 Å². The Kier molecular flexibility index (Phi) is 5.83. The van der Waals surface area contributed by atoms with Crippen molar-refractivity contribution in [2.75, 3.05) is 26.8 Å². The second-order valence-corrected chi connectivity index (χ2v) is 5.60. The molecule has 1 aliphatic rings. The highest BCUT2D eigenvalue weighted by atomic mass is 16.5. The Bertz CT molecular complexity index is 355. The van der Waals surface area contributed by atoms with Gasteiger partial charge in [-0.15, -0.1) is 0 Å². The maximum Gasteiger partial charge on any atom is 0.0632 e. The van der Waals surface area contributed by atoms with E-state index in [2.05, 4.69) is 47.7 Å². The number of rotatable bonds is 7. The van der Waals surface area contributed by atoms with Gasteiger partial charge >= 0.3 is 0 Å². The molecule has 1 heterocycles. The molecule has 2 atom stereocenters. The Balaban J connectivity index is 1.72. The molecule has 1 aromatic rings. The molecule has 0 unspecified atom stereocenters. The smallest absolute Gasteiger partial charge is 0.0632 e. The Morgan fingerprint density at radius 3 is 2.89 bits per heavy atom. The van der Waals surface area contributed by atoms with Gasteiger partial charge in [0, 0.05) is 26.2 Å². The first-order chi connectivity index (χ1) is 9.29. The minimum absolute atomic E-state index is 0.550. The average Bonchev–Trinajstić information content (AvgIpc) is 2.85. The number of nitrogens with one attached hydrogen (secondary N) is 1. The first-order valence-corrected chi connectivity index (χ1v) is 7.32. The number of benzene rings is 1. The normalized spacial score (nSPS) is 21.7. The van der Waals surface area contributed by atoms with Crippen molar-refractivity contribution in [3.63, 3.8) is 0 Å². The van der Waals surface area contributed by atoms with E-state index in [1.54, 1.807) is 7.11 Å². The van der Waals surface area contributed by atoms with Crippen LogP contribution in [0, 0.1) is 5.92 Å². The molecule has 0 aliphatic carbocycles. The molecule has 0 amide bonds. The van der Waals surface area contributed by atoms with Crippen molar-refractivity contribution >= 4 is 0 Å². The summed E-state index contributed by atoms with van der Waals surface area (Å²) in [4.78, 5) is 0. The zero-order valence-electron chi connectivity index (χ0n) is 12.1. The van der Waals surface area contributed by atoms with Gasteiger partial charge in [-0.3, -0.25) is 5.43 Å². The van der Waals surface area contributed by atoms with Crippen LogP contribution >= 0.6 is 0 Å². The van der Waals surface area contributed by atoms with E-state index in [1.807, 2.05) is 0 Å². The van der Waals surface area contributed by atoms with Gasteiger partial charge in [0.25, 0.3) is 0 Å². The molecule has 1 aliphatic heterocycles. The Labute approximate surface area is 116 Å². The molecular formula is C16H26N2O. The second-order valence-electron chi connectivity index (χ2n) is 5.60.